The van der Waals surface area contributed by atoms with E-state index < -0.39 is 6.61 Å². The molecule has 0 bridgehead atoms. The van der Waals surface area contributed by atoms with E-state index in [1.165, 1.54) is 6.08 Å². The topological polar surface area (TPSA) is 55.8 Å². The van der Waals surface area contributed by atoms with Gasteiger partial charge in [-0.1, -0.05) is 24.8 Å². The second-order valence-electron chi connectivity index (χ2n) is 6.01. The molecular formula is C22H24O4. The quantitative estimate of drug-likeness (QED) is 0.767. The largest absolute Gasteiger partial charge is 0.497 e. The summed E-state index contributed by atoms with van der Waals surface area (Å²) in [5, 5.41) is 8.93. The lowest BCUT2D eigenvalue weighted by Crippen LogP contribution is -1.99. The van der Waals surface area contributed by atoms with Crippen LogP contribution in [0.3, 0.4) is 0 Å². The van der Waals surface area contributed by atoms with Crippen molar-refractivity contribution in [2.24, 2.45) is 0 Å². The average molecular weight is 352 g/mol. The van der Waals surface area contributed by atoms with Crippen molar-refractivity contribution in [3.63, 3.8) is 0 Å². The Morgan fingerprint density at radius 3 is 2.50 bits per heavy atom. The molecule has 26 heavy (non-hydrogen) atoms. The number of hydrogen-bond acceptors (Lipinski definition) is 4. The normalized spacial score (nSPS) is 10.8. The Morgan fingerprint density at radius 2 is 1.88 bits per heavy atom. The van der Waals surface area contributed by atoms with Crippen LogP contribution < -0.4 is 9.47 Å². The first-order valence-corrected chi connectivity index (χ1v) is 8.26. The standard InChI is InChI=1S/C22H24O4/c1-14-10-18(12-22(26-5)15(14)2)16(3)21-9-8-20(25-4)11-17(21)6-7-19(24)13-23/h6-12,23H,3,13H2,1-2,4-5H3/b7-6+. The van der Waals surface area contributed by atoms with Crippen molar-refractivity contribution in [2.45, 2.75) is 13.8 Å². The number of hydrogen-bond donors (Lipinski definition) is 1. The predicted molar refractivity (Wildman–Crippen MR) is 105 cm³/mol. The van der Waals surface area contributed by atoms with Crippen molar-refractivity contribution >= 4 is 17.4 Å². The van der Waals surface area contributed by atoms with Crippen LogP contribution in [-0.2, 0) is 4.79 Å². The van der Waals surface area contributed by atoms with E-state index in [4.69, 9.17) is 14.6 Å². The van der Waals surface area contributed by atoms with E-state index in [1.54, 1.807) is 20.3 Å². The monoisotopic (exact) mass is 352 g/mol. The van der Waals surface area contributed by atoms with E-state index in [0.717, 1.165) is 39.1 Å². The van der Waals surface area contributed by atoms with Gasteiger partial charge >= 0.3 is 0 Å². The highest BCUT2D eigenvalue weighted by Gasteiger charge is 2.12. The summed E-state index contributed by atoms with van der Waals surface area (Å²) < 4.78 is 10.7. The molecule has 0 aromatic heterocycles. The van der Waals surface area contributed by atoms with Crippen molar-refractivity contribution in [1.82, 2.24) is 0 Å². The van der Waals surface area contributed by atoms with Crippen LogP contribution in [0, 0.1) is 13.8 Å². The molecule has 0 aliphatic heterocycles. The lowest BCUT2D eigenvalue weighted by atomic mass is 9.92. The SMILES string of the molecule is C=C(c1cc(C)c(C)c(OC)c1)c1ccc(OC)cc1/C=C/C(=O)CO. The van der Waals surface area contributed by atoms with Crippen molar-refractivity contribution in [2.75, 3.05) is 20.8 Å². The summed E-state index contributed by atoms with van der Waals surface area (Å²) in [6, 6.07) is 9.62. The number of carbonyl (C=O) groups excluding carboxylic acids is 1. The number of methoxy groups -OCH3 is 2. The van der Waals surface area contributed by atoms with Gasteiger partial charge in [0.05, 0.1) is 14.2 Å². The highest BCUT2D eigenvalue weighted by Crippen LogP contribution is 2.33. The zero-order valence-electron chi connectivity index (χ0n) is 15.6. The summed E-state index contributed by atoms with van der Waals surface area (Å²) in [5.41, 5.74) is 5.61. The second-order valence-corrected chi connectivity index (χ2v) is 6.01. The molecule has 0 saturated carbocycles. The minimum Gasteiger partial charge on any atom is -0.497 e. The minimum absolute atomic E-state index is 0.364. The molecule has 0 radical (unpaired) electrons. The van der Waals surface area contributed by atoms with Gasteiger partial charge in [-0.05, 0) is 71.5 Å². The number of aryl methyl sites for hydroxylation is 1. The molecule has 0 amide bonds. The minimum atomic E-state index is -0.523. The maximum absolute atomic E-state index is 11.4. The number of carbonyl (C=O) groups is 1. The summed E-state index contributed by atoms with van der Waals surface area (Å²) in [6.07, 6.45) is 3.02. The van der Waals surface area contributed by atoms with Crippen LogP contribution in [0.1, 0.15) is 27.8 Å². The van der Waals surface area contributed by atoms with Crippen LogP contribution in [0.2, 0.25) is 0 Å². The Kier molecular flexibility index (Phi) is 6.36. The Balaban J connectivity index is 2.53. The van der Waals surface area contributed by atoms with Crippen molar-refractivity contribution in [3.05, 3.63) is 70.8 Å². The van der Waals surface area contributed by atoms with Gasteiger partial charge in [0.15, 0.2) is 5.78 Å². The van der Waals surface area contributed by atoms with E-state index in [0.29, 0.717) is 5.75 Å². The number of ketones is 1. The van der Waals surface area contributed by atoms with Gasteiger partial charge in [-0.2, -0.15) is 0 Å². The molecule has 4 nitrogen and oxygen atoms in total. The van der Waals surface area contributed by atoms with Crippen LogP contribution in [0.4, 0.5) is 0 Å². The van der Waals surface area contributed by atoms with Crippen LogP contribution in [0.5, 0.6) is 11.5 Å². The maximum Gasteiger partial charge on any atom is 0.181 e. The molecule has 4 heteroatoms. The zero-order chi connectivity index (χ0) is 19.3. The van der Waals surface area contributed by atoms with Crippen LogP contribution in [0.15, 0.2) is 43.0 Å². The molecule has 136 valence electrons. The lowest BCUT2D eigenvalue weighted by Gasteiger charge is -2.15. The first-order valence-electron chi connectivity index (χ1n) is 8.26. The Labute approximate surface area is 154 Å². The number of ether oxygens (including phenoxy) is 2. The molecule has 0 aliphatic carbocycles. The third kappa shape index (κ3) is 4.21. The van der Waals surface area contributed by atoms with Gasteiger partial charge in [-0.25, -0.2) is 0 Å². The second kappa shape index (κ2) is 8.50. The molecule has 1 N–H and O–H groups in total. The maximum atomic E-state index is 11.4. The first-order chi connectivity index (χ1) is 12.4. The summed E-state index contributed by atoms with van der Waals surface area (Å²) in [5.74, 6) is 1.12. The van der Waals surface area contributed by atoms with Crippen molar-refractivity contribution in [1.29, 1.82) is 0 Å². The molecule has 0 unspecified atom stereocenters. The fourth-order valence-corrected chi connectivity index (χ4v) is 2.68. The number of rotatable bonds is 7. The number of aliphatic hydroxyl groups excluding tert-OH is 1. The van der Waals surface area contributed by atoms with Crippen LogP contribution in [-0.4, -0.2) is 31.7 Å². The highest BCUT2D eigenvalue weighted by atomic mass is 16.5. The van der Waals surface area contributed by atoms with E-state index in [1.807, 2.05) is 38.1 Å². The molecule has 2 rings (SSSR count). The molecule has 2 aromatic rings. The van der Waals surface area contributed by atoms with Gasteiger partial charge in [0.25, 0.3) is 0 Å². The molecule has 0 spiro atoms. The third-order valence-electron chi connectivity index (χ3n) is 4.38. The molecule has 2 aromatic carbocycles. The van der Waals surface area contributed by atoms with Gasteiger partial charge in [0, 0.05) is 0 Å². The molecule has 0 heterocycles. The Hall–Kier alpha value is -2.85. The summed E-state index contributed by atoms with van der Waals surface area (Å²) in [6.45, 7) is 7.77. The van der Waals surface area contributed by atoms with E-state index in [-0.39, 0.29) is 5.78 Å². The summed E-state index contributed by atoms with van der Waals surface area (Å²) >= 11 is 0. The van der Waals surface area contributed by atoms with Crippen LogP contribution in [0.25, 0.3) is 11.6 Å². The lowest BCUT2D eigenvalue weighted by molar-refractivity contribution is -0.117. The summed E-state index contributed by atoms with van der Waals surface area (Å²) in [7, 11) is 3.24. The van der Waals surface area contributed by atoms with Gasteiger partial charge in [0.1, 0.15) is 18.1 Å². The van der Waals surface area contributed by atoms with E-state index in [9.17, 15) is 4.79 Å². The van der Waals surface area contributed by atoms with E-state index >= 15 is 0 Å². The predicted octanol–water partition coefficient (Wildman–Crippen LogP) is 3.96. The van der Waals surface area contributed by atoms with Crippen molar-refractivity contribution in [3.8, 4) is 11.5 Å². The molecule has 0 aliphatic rings. The molecule has 0 fully saturated rings. The van der Waals surface area contributed by atoms with Gasteiger partial charge in [0.2, 0.25) is 0 Å². The van der Waals surface area contributed by atoms with Crippen LogP contribution >= 0.6 is 0 Å². The smallest absolute Gasteiger partial charge is 0.181 e. The summed E-state index contributed by atoms with van der Waals surface area (Å²) in [4.78, 5) is 11.4. The number of benzene rings is 2. The highest BCUT2D eigenvalue weighted by molar-refractivity contribution is 5.95. The fourth-order valence-electron chi connectivity index (χ4n) is 2.68. The molecular weight excluding hydrogens is 328 g/mol. The van der Waals surface area contributed by atoms with E-state index in [2.05, 4.69) is 12.6 Å². The third-order valence-corrected chi connectivity index (χ3v) is 4.38. The van der Waals surface area contributed by atoms with Gasteiger partial charge in [-0.15, -0.1) is 0 Å². The first kappa shape index (κ1) is 19.5. The molecule has 0 atom stereocenters. The Morgan fingerprint density at radius 1 is 1.15 bits per heavy atom. The van der Waals surface area contributed by atoms with Crippen molar-refractivity contribution < 1.29 is 19.4 Å². The Bertz CT molecular complexity index is 863. The van der Waals surface area contributed by atoms with Gasteiger partial charge in [-0.3, -0.25) is 4.79 Å². The van der Waals surface area contributed by atoms with Gasteiger partial charge < -0.3 is 14.6 Å². The zero-order valence-corrected chi connectivity index (χ0v) is 15.6. The number of aliphatic hydroxyl groups is 1. The fraction of sp³-hybridized carbons (Fsp3) is 0.227. The average Bonchev–Trinajstić information content (AvgIpc) is 2.67. The molecule has 0 saturated heterocycles.